The third kappa shape index (κ3) is 4.99. The first-order valence-corrected chi connectivity index (χ1v) is 12.3. The van der Waals surface area contributed by atoms with Crippen LogP contribution in [0.1, 0.15) is 38.8 Å². The van der Waals surface area contributed by atoms with Crippen molar-refractivity contribution in [2.45, 2.75) is 45.6 Å². The summed E-state index contributed by atoms with van der Waals surface area (Å²) in [5.74, 6) is -1.10. The molecule has 0 spiro atoms. The Bertz CT molecular complexity index is 1170. The average Bonchev–Trinajstić information content (AvgIpc) is 3.52. The average molecular weight is 483 g/mol. The molecular formula is C25H30N4O4S. The zero-order valence-electron chi connectivity index (χ0n) is 19.7. The maximum Gasteiger partial charge on any atom is 0.306 e. The molecule has 1 aliphatic heterocycles. The molecule has 1 fully saturated rings. The molecule has 0 bridgehead atoms. The molecule has 3 aromatic rings. The number of methoxy groups -OCH3 is 1. The van der Waals surface area contributed by atoms with Gasteiger partial charge in [-0.2, -0.15) is 0 Å². The fourth-order valence-electron chi connectivity index (χ4n) is 4.46. The van der Waals surface area contributed by atoms with Gasteiger partial charge in [0.25, 0.3) is 0 Å². The monoisotopic (exact) mass is 482 g/mol. The van der Waals surface area contributed by atoms with Crippen molar-refractivity contribution in [3.63, 3.8) is 0 Å². The summed E-state index contributed by atoms with van der Waals surface area (Å²) in [7, 11) is 1.32. The van der Waals surface area contributed by atoms with Gasteiger partial charge in [0.15, 0.2) is 10.7 Å². The SMILES string of the molecule is COC(=O)C[C@H](C(=O)N1CCC[C@H]1C(=O)Cc1cn2cc(-c3ccc(N)cc3)sc2n1)C(C)C. The number of rotatable bonds is 8. The molecule has 2 aromatic heterocycles. The van der Waals surface area contributed by atoms with E-state index in [1.165, 1.54) is 7.11 Å². The summed E-state index contributed by atoms with van der Waals surface area (Å²) in [6, 6.07) is 7.20. The first-order chi connectivity index (χ1) is 16.3. The maximum absolute atomic E-state index is 13.2. The van der Waals surface area contributed by atoms with Gasteiger partial charge in [0.2, 0.25) is 5.91 Å². The van der Waals surface area contributed by atoms with E-state index in [2.05, 4.69) is 4.98 Å². The van der Waals surface area contributed by atoms with Gasteiger partial charge in [0.1, 0.15) is 0 Å². The topological polar surface area (TPSA) is 107 Å². The summed E-state index contributed by atoms with van der Waals surface area (Å²) in [6.45, 7) is 4.35. The Morgan fingerprint density at radius 3 is 2.59 bits per heavy atom. The number of nitrogen functional groups attached to an aromatic ring is 1. The van der Waals surface area contributed by atoms with Gasteiger partial charge in [-0.1, -0.05) is 37.3 Å². The molecule has 1 aromatic carbocycles. The lowest BCUT2D eigenvalue weighted by Gasteiger charge is -2.29. The Labute approximate surface area is 202 Å². The number of carbonyl (C=O) groups is 3. The number of hydrogen-bond acceptors (Lipinski definition) is 7. The smallest absolute Gasteiger partial charge is 0.306 e. The molecule has 0 saturated carbocycles. The van der Waals surface area contributed by atoms with Crippen molar-refractivity contribution >= 4 is 39.6 Å². The first-order valence-electron chi connectivity index (χ1n) is 11.5. The van der Waals surface area contributed by atoms with E-state index in [1.807, 2.05) is 54.9 Å². The summed E-state index contributed by atoms with van der Waals surface area (Å²) in [5.41, 5.74) is 8.24. The number of ether oxygens (including phenoxy) is 1. The minimum absolute atomic E-state index is 0.0177. The van der Waals surface area contributed by atoms with Gasteiger partial charge >= 0.3 is 5.97 Å². The minimum Gasteiger partial charge on any atom is -0.469 e. The maximum atomic E-state index is 13.2. The number of nitrogens with two attached hydrogens (primary N) is 1. The van der Waals surface area contributed by atoms with Crippen LogP contribution >= 0.6 is 11.3 Å². The lowest BCUT2D eigenvalue weighted by molar-refractivity contribution is -0.149. The molecule has 8 nitrogen and oxygen atoms in total. The van der Waals surface area contributed by atoms with Crippen molar-refractivity contribution in [2.75, 3.05) is 19.4 Å². The number of likely N-dealkylation sites (tertiary alicyclic amines) is 1. The van der Waals surface area contributed by atoms with E-state index in [0.717, 1.165) is 27.5 Å². The van der Waals surface area contributed by atoms with Crippen molar-refractivity contribution in [1.29, 1.82) is 0 Å². The van der Waals surface area contributed by atoms with E-state index in [9.17, 15) is 14.4 Å². The Hall–Kier alpha value is -3.20. The largest absolute Gasteiger partial charge is 0.469 e. The third-order valence-electron chi connectivity index (χ3n) is 6.40. The molecule has 1 amide bonds. The van der Waals surface area contributed by atoms with Crippen LogP contribution in [0.25, 0.3) is 15.4 Å². The van der Waals surface area contributed by atoms with E-state index in [1.54, 1.807) is 16.2 Å². The van der Waals surface area contributed by atoms with E-state index < -0.39 is 17.9 Å². The second kappa shape index (κ2) is 9.97. The number of Topliss-reactive ketones (excluding diaryl/α,β-unsaturated/α-hetero) is 1. The predicted octanol–water partition coefficient (Wildman–Crippen LogP) is 3.58. The van der Waals surface area contributed by atoms with Gasteiger partial charge in [-0.05, 0) is 36.5 Å². The number of carbonyl (C=O) groups excluding carboxylic acids is 3. The van der Waals surface area contributed by atoms with Crippen LogP contribution in [0.15, 0.2) is 36.7 Å². The van der Waals surface area contributed by atoms with Crippen molar-refractivity contribution in [2.24, 2.45) is 11.8 Å². The predicted molar refractivity (Wildman–Crippen MR) is 131 cm³/mol. The Morgan fingerprint density at radius 2 is 1.94 bits per heavy atom. The van der Waals surface area contributed by atoms with Crippen molar-refractivity contribution in [3.05, 3.63) is 42.4 Å². The Morgan fingerprint density at radius 1 is 1.21 bits per heavy atom. The van der Waals surface area contributed by atoms with Gasteiger partial charge in [0.05, 0.1) is 42.5 Å². The fourth-order valence-corrected chi connectivity index (χ4v) is 5.45. The number of hydrogen-bond donors (Lipinski definition) is 1. The summed E-state index contributed by atoms with van der Waals surface area (Å²) < 4.78 is 6.70. The summed E-state index contributed by atoms with van der Waals surface area (Å²) in [4.78, 5) is 46.4. The molecule has 2 atom stereocenters. The van der Waals surface area contributed by atoms with Crippen LogP contribution in [0.3, 0.4) is 0 Å². The quantitative estimate of drug-likeness (QED) is 0.388. The molecule has 34 heavy (non-hydrogen) atoms. The lowest BCUT2D eigenvalue weighted by Crippen LogP contribution is -2.45. The van der Waals surface area contributed by atoms with Crippen LogP contribution in [0, 0.1) is 11.8 Å². The zero-order valence-corrected chi connectivity index (χ0v) is 20.5. The first kappa shape index (κ1) is 23.9. The number of thiazole rings is 1. The van der Waals surface area contributed by atoms with Crippen LogP contribution in [-0.4, -0.2) is 51.6 Å². The minimum atomic E-state index is -0.495. The van der Waals surface area contributed by atoms with E-state index in [-0.39, 0.29) is 30.4 Å². The van der Waals surface area contributed by atoms with Gasteiger partial charge in [0, 0.05) is 24.6 Å². The Kier molecular flexibility index (Phi) is 7.02. The molecule has 2 N–H and O–H groups in total. The number of fused-ring (bicyclic) bond motifs is 1. The highest BCUT2D eigenvalue weighted by Crippen LogP contribution is 2.30. The van der Waals surface area contributed by atoms with Crippen LogP contribution < -0.4 is 5.73 Å². The third-order valence-corrected chi connectivity index (χ3v) is 7.45. The summed E-state index contributed by atoms with van der Waals surface area (Å²) in [5, 5.41) is 0. The summed E-state index contributed by atoms with van der Waals surface area (Å²) in [6.07, 6.45) is 5.48. The molecule has 4 rings (SSSR count). The number of anilines is 1. The molecular weight excluding hydrogens is 452 g/mol. The molecule has 1 aliphatic rings. The Balaban J connectivity index is 1.45. The van der Waals surface area contributed by atoms with E-state index >= 15 is 0 Å². The number of aromatic nitrogens is 2. The van der Waals surface area contributed by atoms with Gasteiger partial charge in [-0.25, -0.2) is 4.98 Å². The molecule has 3 heterocycles. The van der Waals surface area contributed by atoms with Gasteiger partial charge in [-0.15, -0.1) is 0 Å². The second-order valence-corrected chi connectivity index (χ2v) is 10.1. The normalized spacial score (nSPS) is 16.8. The van der Waals surface area contributed by atoms with Gasteiger partial charge < -0.3 is 15.4 Å². The van der Waals surface area contributed by atoms with Crippen LogP contribution in [-0.2, 0) is 25.5 Å². The number of benzene rings is 1. The molecule has 180 valence electrons. The lowest BCUT2D eigenvalue weighted by atomic mass is 9.90. The van der Waals surface area contributed by atoms with E-state index in [4.69, 9.17) is 10.5 Å². The van der Waals surface area contributed by atoms with Crippen molar-refractivity contribution in [1.82, 2.24) is 14.3 Å². The number of esters is 1. The number of ketones is 1. The van der Waals surface area contributed by atoms with Crippen molar-refractivity contribution in [3.8, 4) is 10.4 Å². The standard InChI is InChI=1S/C25H30N4O4S/c1-15(2)19(12-23(31)33-3)24(32)29-10-4-5-20(29)21(30)11-18-13-28-14-22(34-25(28)27-18)16-6-8-17(26)9-7-16/h6-9,13-15,19-20H,4-5,10-12,26H2,1-3H3/t19-,20-/m0/s1. The number of amides is 1. The van der Waals surface area contributed by atoms with E-state index in [0.29, 0.717) is 18.7 Å². The zero-order chi connectivity index (χ0) is 24.4. The second-order valence-electron chi connectivity index (χ2n) is 9.10. The molecule has 0 radical (unpaired) electrons. The highest BCUT2D eigenvalue weighted by Gasteiger charge is 2.38. The number of nitrogens with zero attached hydrogens (tertiary/aromatic N) is 3. The van der Waals surface area contributed by atoms with Crippen molar-refractivity contribution < 1.29 is 19.1 Å². The van der Waals surface area contributed by atoms with Crippen LogP contribution in [0.2, 0.25) is 0 Å². The molecule has 1 saturated heterocycles. The molecule has 9 heteroatoms. The summed E-state index contributed by atoms with van der Waals surface area (Å²) >= 11 is 1.55. The highest BCUT2D eigenvalue weighted by atomic mass is 32.1. The molecule has 0 unspecified atom stereocenters. The fraction of sp³-hybridized carbons (Fsp3) is 0.440. The highest BCUT2D eigenvalue weighted by molar-refractivity contribution is 7.20. The molecule has 0 aliphatic carbocycles. The van der Waals surface area contributed by atoms with Crippen LogP contribution in [0.4, 0.5) is 5.69 Å². The van der Waals surface area contributed by atoms with Gasteiger partial charge in [-0.3, -0.25) is 18.8 Å². The number of imidazole rings is 1. The van der Waals surface area contributed by atoms with Crippen LogP contribution in [0.5, 0.6) is 0 Å².